The molecule has 21 heavy (non-hydrogen) atoms. The molecule has 112 valence electrons. The lowest BCUT2D eigenvalue weighted by molar-refractivity contribution is 0.387. The molecule has 2 aromatic rings. The van der Waals surface area contributed by atoms with Gasteiger partial charge in [-0.05, 0) is 30.3 Å². The van der Waals surface area contributed by atoms with Crippen molar-refractivity contribution in [2.24, 2.45) is 5.84 Å². The largest absolute Gasteiger partial charge is 0.497 e. The van der Waals surface area contributed by atoms with E-state index >= 15 is 0 Å². The molecule has 0 aliphatic heterocycles. The molecule has 2 aromatic carbocycles. The molecule has 0 spiro atoms. The number of nitrogens with one attached hydrogen (secondary N) is 1. The molecule has 5 nitrogen and oxygen atoms in total. The Balaban J connectivity index is 2.53. The zero-order chi connectivity index (χ0) is 15.4. The summed E-state index contributed by atoms with van der Waals surface area (Å²) in [6.45, 7) is 0. The molecule has 0 aliphatic rings. The smallest absolute Gasteiger partial charge is 0.127 e. The van der Waals surface area contributed by atoms with Gasteiger partial charge in [-0.15, -0.1) is 0 Å². The molecule has 1 unspecified atom stereocenters. The van der Waals surface area contributed by atoms with E-state index in [1.54, 1.807) is 32.4 Å². The first-order valence-electron chi connectivity index (χ1n) is 6.33. The van der Waals surface area contributed by atoms with Crippen LogP contribution in [-0.4, -0.2) is 14.2 Å². The summed E-state index contributed by atoms with van der Waals surface area (Å²) in [7, 11) is 3.11. The maximum Gasteiger partial charge on any atom is 0.127 e. The standard InChI is InChI=1S/C15H18FN3O2/c1-20-10-4-5-11(14(8-10)21-2)15(19-18)12-7-9(16)3-6-13(12)17/h3-8,15,19H,17-18H2,1-2H3. The van der Waals surface area contributed by atoms with Gasteiger partial charge in [0.2, 0.25) is 0 Å². The molecule has 0 aliphatic carbocycles. The van der Waals surface area contributed by atoms with Crippen LogP contribution in [0, 0.1) is 5.82 Å². The van der Waals surface area contributed by atoms with E-state index in [2.05, 4.69) is 5.43 Å². The summed E-state index contributed by atoms with van der Waals surface area (Å²) in [6, 6.07) is 8.97. The van der Waals surface area contributed by atoms with Gasteiger partial charge in [-0.25, -0.2) is 9.82 Å². The van der Waals surface area contributed by atoms with Crippen molar-refractivity contribution in [1.82, 2.24) is 5.43 Å². The minimum Gasteiger partial charge on any atom is -0.497 e. The molecule has 0 saturated carbocycles. The van der Waals surface area contributed by atoms with E-state index in [0.717, 1.165) is 5.56 Å². The highest BCUT2D eigenvalue weighted by Crippen LogP contribution is 2.34. The summed E-state index contributed by atoms with van der Waals surface area (Å²) in [6.07, 6.45) is 0. The maximum absolute atomic E-state index is 13.5. The van der Waals surface area contributed by atoms with Crippen LogP contribution in [0.15, 0.2) is 36.4 Å². The Morgan fingerprint density at radius 2 is 1.81 bits per heavy atom. The number of ether oxygens (including phenoxy) is 2. The van der Waals surface area contributed by atoms with Crippen LogP contribution < -0.4 is 26.5 Å². The molecular weight excluding hydrogens is 273 g/mol. The van der Waals surface area contributed by atoms with E-state index in [0.29, 0.717) is 22.7 Å². The van der Waals surface area contributed by atoms with Crippen molar-refractivity contribution in [2.75, 3.05) is 20.0 Å². The summed E-state index contributed by atoms with van der Waals surface area (Å²) in [5.41, 5.74) is 10.3. The van der Waals surface area contributed by atoms with Gasteiger partial charge >= 0.3 is 0 Å². The number of hydrogen-bond acceptors (Lipinski definition) is 5. The molecule has 0 saturated heterocycles. The van der Waals surface area contributed by atoms with E-state index in [4.69, 9.17) is 21.1 Å². The van der Waals surface area contributed by atoms with E-state index in [1.807, 2.05) is 0 Å². The number of halogens is 1. The monoisotopic (exact) mass is 291 g/mol. The van der Waals surface area contributed by atoms with E-state index < -0.39 is 6.04 Å². The lowest BCUT2D eigenvalue weighted by Crippen LogP contribution is -2.30. The van der Waals surface area contributed by atoms with Crippen molar-refractivity contribution in [3.05, 3.63) is 53.3 Å². The van der Waals surface area contributed by atoms with Crippen molar-refractivity contribution >= 4 is 5.69 Å². The molecule has 0 radical (unpaired) electrons. The van der Waals surface area contributed by atoms with E-state index in [1.165, 1.54) is 18.2 Å². The number of hydrogen-bond donors (Lipinski definition) is 3. The Bertz CT molecular complexity index is 634. The highest BCUT2D eigenvalue weighted by atomic mass is 19.1. The number of anilines is 1. The van der Waals surface area contributed by atoms with Gasteiger partial charge < -0.3 is 15.2 Å². The number of benzene rings is 2. The van der Waals surface area contributed by atoms with Crippen molar-refractivity contribution < 1.29 is 13.9 Å². The first kappa shape index (κ1) is 15.1. The molecular formula is C15H18FN3O2. The van der Waals surface area contributed by atoms with Crippen LogP contribution in [0.4, 0.5) is 10.1 Å². The normalized spacial score (nSPS) is 12.0. The van der Waals surface area contributed by atoms with Crippen LogP contribution in [-0.2, 0) is 0 Å². The van der Waals surface area contributed by atoms with Crippen LogP contribution in [0.2, 0.25) is 0 Å². The lowest BCUT2D eigenvalue weighted by Gasteiger charge is -2.21. The quantitative estimate of drug-likeness (QED) is 0.446. The lowest BCUT2D eigenvalue weighted by atomic mass is 9.96. The molecule has 0 amide bonds. The van der Waals surface area contributed by atoms with Gasteiger partial charge in [0.1, 0.15) is 17.3 Å². The summed E-state index contributed by atoms with van der Waals surface area (Å²) in [5.74, 6) is 6.47. The molecule has 1 atom stereocenters. The maximum atomic E-state index is 13.5. The molecule has 0 aromatic heterocycles. The zero-order valence-corrected chi connectivity index (χ0v) is 11.9. The van der Waals surface area contributed by atoms with Gasteiger partial charge in [-0.2, -0.15) is 0 Å². The van der Waals surface area contributed by atoms with Crippen molar-refractivity contribution in [1.29, 1.82) is 0 Å². The second-order valence-corrected chi connectivity index (χ2v) is 4.48. The van der Waals surface area contributed by atoms with Crippen molar-refractivity contribution in [3.63, 3.8) is 0 Å². The summed E-state index contributed by atoms with van der Waals surface area (Å²) >= 11 is 0. The number of rotatable bonds is 5. The number of nitrogens with two attached hydrogens (primary N) is 2. The van der Waals surface area contributed by atoms with Gasteiger partial charge in [0.05, 0.1) is 20.3 Å². The number of nitrogen functional groups attached to an aromatic ring is 1. The molecule has 0 bridgehead atoms. The Kier molecular flexibility index (Phi) is 4.62. The van der Waals surface area contributed by atoms with Crippen molar-refractivity contribution in [3.8, 4) is 11.5 Å². The summed E-state index contributed by atoms with van der Waals surface area (Å²) < 4.78 is 24.0. The number of methoxy groups -OCH3 is 2. The number of hydrazine groups is 1. The fourth-order valence-electron chi connectivity index (χ4n) is 2.20. The fourth-order valence-corrected chi connectivity index (χ4v) is 2.20. The topological polar surface area (TPSA) is 82.5 Å². The Morgan fingerprint density at radius 1 is 1.05 bits per heavy atom. The van der Waals surface area contributed by atoms with Gasteiger partial charge in [-0.1, -0.05) is 0 Å². The minimum absolute atomic E-state index is 0.382. The summed E-state index contributed by atoms with van der Waals surface area (Å²) in [4.78, 5) is 0. The van der Waals surface area contributed by atoms with E-state index in [9.17, 15) is 4.39 Å². The highest BCUT2D eigenvalue weighted by Gasteiger charge is 2.20. The molecule has 5 N–H and O–H groups in total. The van der Waals surface area contributed by atoms with Crippen LogP contribution >= 0.6 is 0 Å². The molecule has 0 fully saturated rings. The molecule has 0 heterocycles. The SMILES string of the molecule is COc1ccc(C(NN)c2cc(F)ccc2N)c(OC)c1. The minimum atomic E-state index is -0.499. The third-order valence-corrected chi connectivity index (χ3v) is 3.28. The summed E-state index contributed by atoms with van der Waals surface area (Å²) in [5, 5.41) is 0. The Morgan fingerprint density at radius 3 is 2.43 bits per heavy atom. The predicted molar refractivity (Wildman–Crippen MR) is 79.5 cm³/mol. The second-order valence-electron chi connectivity index (χ2n) is 4.48. The third-order valence-electron chi connectivity index (χ3n) is 3.28. The Hall–Kier alpha value is -2.31. The molecule has 2 rings (SSSR count). The van der Waals surface area contributed by atoms with E-state index in [-0.39, 0.29) is 5.82 Å². The van der Waals surface area contributed by atoms with Gasteiger partial charge in [-0.3, -0.25) is 5.84 Å². The zero-order valence-electron chi connectivity index (χ0n) is 11.9. The first-order valence-corrected chi connectivity index (χ1v) is 6.33. The van der Waals surface area contributed by atoms with Crippen molar-refractivity contribution in [2.45, 2.75) is 6.04 Å². The van der Waals surface area contributed by atoms with Gasteiger partial charge in [0.25, 0.3) is 0 Å². The predicted octanol–water partition coefficient (Wildman–Crippen LogP) is 1.98. The van der Waals surface area contributed by atoms with Gasteiger partial charge in [0, 0.05) is 22.9 Å². The average Bonchev–Trinajstić information content (AvgIpc) is 2.51. The third kappa shape index (κ3) is 3.07. The van der Waals surface area contributed by atoms with Crippen LogP contribution in [0.5, 0.6) is 11.5 Å². The van der Waals surface area contributed by atoms with Crippen LogP contribution in [0.25, 0.3) is 0 Å². The molecule has 6 heteroatoms. The van der Waals surface area contributed by atoms with Crippen LogP contribution in [0.3, 0.4) is 0 Å². The van der Waals surface area contributed by atoms with Crippen LogP contribution in [0.1, 0.15) is 17.2 Å². The van der Waals surface area contributed by atoms with Gasteiger partial charge in [0.15, 0.2) is 0 Å². The highest BCUT2D eigenvalue weighted by molar-refractivity contribution is 5.54. The fraction of sp³-hybridized carbons (Fsp3) is 0.200. The average molecular weight is 291 g/mol. The second kappa shape index (κ2) is 6.43. The Labute approximate surface area is 122 Å². The first-order chi connectivity index (χ1) is 10.1.